The van der Waals surface area contributed by atoms with Crippen molar-refractivity contribution in [2.24, 2.45) is 0 Å². The summed E-state index contributed by atoms with van der Waals surface area (Å²) in [5.41, 5.74) is 0. The van der Waals surface area contributed by atoms with E-state index in [2.05, 4.69) is 0 Å². The van der Waals surface area contributed by atoms with Crippen molar-refractivity contribution in [2.45, 2.75) is 64.8 Å². The molecule has 1 rings (SSSR count). The first-order valence-corrected chi connectivity index (χ1v) is 8.54. The Balaban J connectivity index is 1.96. The maximum Gasteiger partial charge on any atom is 0.119 e. The van der Waals surface area contributed by atoms with Crippen LogP contribution < -0.4 is 4.74 Å². The molecule has 2 atom stereocenters. The van der Waals surface area contributed by atoms with Crippen LogP contribution in [0.2, 0.25) is 0 Å². The third-order valence-corrected chi connectivity index (χ3v) is 3.88. The SMILES string of the molecule is CC(O)N(CCCCCCCCOc1ccc(O)cc1)C(C)O. The highest BCUT2D eigenvalue weighted by Crippen LogP contribution is 2.16. The van der Waals surface area contributed by atoms with Crippen LogP contribution in [0.4, 0.5) is 0 Å². The van der Waals surface area contributed by atoms with Gasteiger partial charge in [-0.3, -0.25) is 4.90 Å². The zero-order chi connectivity index (χ0) is 17.1. The van der Waals surface area contributed by atoms with Gasteiger partial charge in [0, 0.05) is 6.54 Å². The molecule has 0 bridgehead atoms. The molecule has 0 amide bonds. The molecule has 0 aromatic heterocycles. The Morgan fingerprint density at radius 3 is 1.96 bits per heavy atom. The number of ether oxygens (including phenoxy) is 1. The van der Waals surface area contributed by atoms with Crippen molar-refractivity contribution in [3.63, 3.8) is 0 Å². The molecular formula is C18H31NO4. The number of nitrogens with zero attached hydrogens (tertiary/aromatic N) is 1. The van der Waals surface area contributed by atoms with Crippen LogP contribution in [0.3, 0.4) is 0 Å². The second kappa shape index (κ2) is 11.3. The van der Waals surface area contributed by atoms with Crippen LogP contribution in [-0.2, 0) is 0 Å². The first kappa shape index (κ1) is 19.7. The number of phenolic OH excluding ortho intramolecular Hbond substituents is 1. The smallest absolute Gasteiger partial charge is 0.119 e. The molecule has 0 saturated heterocycles. The molecule has 23 heavy (non-hydrogen) atoms. The van der Waals surface area contributed by atoms with E-state index in [0.717, 1.165) is 44.4 Å². The van der Waals surface area contributed by atoms with Gasteiger partial charge in [-0.1, -0.05) is 25.7 Å². The summed E-state index contributed by atoms with van der Waals surface area (Å²) in [6.45, 7) is 4.78. The van der Waals surface area contributed by atoms with Gasteiger partial charge in [0.2, 0.25) is 0 Å². The van der Waals surface area contributed by atoms with E-state index in [4.69, 9.17) is 4.74 Å². The van der Waals surface area contributed by atoms with Gasteiger partial charge in [-0.2, -0.15) is 0 Å². The normalized spacial score (nSPS) is 14.0. The highest BCUT2D eigenvalue weighted by atomic mass is 16.5. The fourth-order valence-electron chi connectivity index (χ4n) is 2.52. The van der Waals surface area contributed by atoms with Gasteiger partial charge in [-0.05, 0) is 51.0 Å². The first-order valence-electron chi connectivity index (χ1n) is 8.54. The zero-order valence-electron chi connectivity index (χ0n) is 14.3. The molecule has 0 heterocycles. The molecule has 0 aliphatic heterocycles. The quantitative estimate of drug-likeness (QED) is 0.407. The summed E-state index contributed by atoms with van der Waals surface area (Å²) < 4.78 is 5.60. The molecule has 3 N–H and O–H groups in total. The zero-order valence-corrected chi connectivity index (χ0v) is 14.3. The molecular weight excluding hydrogens is 294 g/mol. The molecule has 132 valence electrons. The van der Waals surface area contributed by atoms with Gasteiger partial charge in [0.05, 0.1) is 6.61 Å². The fraction of sp³-hybridized carbons (Fsp3) is 0.667. The predicted molar refractivity (Wildman–Crippen MR) is 91.4 cm³/mol. The number of hydrogen-bond donors (Lipinski definition) is 3. The number of rotatable bonds is 12. The second-order valence-electron chi connectivity index (χ2n) is 5.97. The number of aliphatic hydroxyl groups is 2. The molecule has 0 spiro atoms. The maximum absolute atomic E-state index is 9.53. The Hall–Kier alpha value is -1.30. The Bertz CT molecular complexity index is 398. The van der Waals surface area contributed by atoms with Gasteiger partial charge in [0.25, 0.3) is 0 Å². The Kier molecular flexibility index (Phi) is 9.67. The van der Waals surface area contributed by atoms with E-state index in [1.807, 2.05) is 0 Å². The molecule has 5 nitrogen and oxygen atoms in total. The van der Waals surface area contributed by atoms with E-state index in [9.17, 15) is 15.3 Å². The number of unbranched alkanes of at least 4 members (excludes halogenated alkanes) is 5. The number of aromatic hydroxyl groups is 1. The van der Waals surface area contributed by atoms with Crippen molar-refractivity contribution < 1.29 is 20.1 Å². The third-order valence-electron chi connectivity index (χ3n) is 3.88. The van der Waals surface area contributed by atoms with Crippen molar-refractivity contribution in [1.29, 1.82) is 0 Å². The first-order chi connectivity index (χ1) is 11.0. The molecule has 0 saturated carbocycles. The largest absolute Gasteiger partial charge is 0.508 e. The van der Waals surface area contributed by atoms with Gasteiger partial charge >= 0.3 is 0 Å². The molecule has 0 aliphatic carbocycles. The third kappa shape index (κ3) is 8.79. The van der Waals surface area contributed by atoms with Crippen LogP contribution in [0.15, 0.2) is 24.3 Å². The highest BCUT2D eigenvalue weighted by Gasteiger charge is 2.14. The number of benzene rings is 1. The summed E-state index contributed by atoms with van der Waals surface area (Å²) in [6, 6.07) is 6.79. The van der Waals surface area contributed by atoms with Crippen molar-refractivity contribution in [3.05, 3.63) is 24.3 Å². The van der Waals surface area contributed by atoms with Gasteiger partial charge in [-0.15, -0.1) is 0 Å². The lowest BCUT2D eigenvalue weighted by atomic mass is 10.1. The van der Waals surface area contributed by atoms with Gasteiger partial charge in [0.1, 0.15) is 24.0 Å². The number of aliphatic hydroxyl groups excluding tert-OH is 2. The Morgan fingerprint density at radius 2 is 1.39 bits per heavy atom. The number of phenols is 1. The van der Waals surface area contributed by atoms with Crippen molar-refractivity contribution >= 4 is 0 Å². The average molecular weight is 325 g/mol. The molecule has 5 heteroatoms. The highest BCUT2D eigenvalue weighted by molar-refractivity contribution is 5.29. The molecule has 0 radical (unpaired) electrons. The van der Waals surface area contributed by atoms with Crippen molar-refractivity contribution in [2.75, 3.05) is 13.2 Å². The summed E-state index contributed by atoms with van der Waals surface area (Å²) in [5.74, 6) is 1.04. The lowest BCUT2D eigenvalue weighted by Crippen LogP contribution is -2.40. The standard InChI is InChI=1S/C18H31NO4/c1-15(20)19(16(2)21)13-7-5-3-4-6-8-14-23-18-11-9-17(22)10-12-18/h9-12,15-16,20-22H,3-8,13-14H2,1-2H3. The van der Waals surface area contributed by atoms with Gasteiger partial charge in [0.15, 0.2) is 0 Å². The average Bonchev–Trinajstić information content (AvgIpc) is 2.50. The lowest BCUT2D eigenvalue weighted by Gasteiger charge is -2.27. The summed E-state index contributed by atoms with van der Waals surface area (Å²) in [5, 5.41) is 28.2. The minimum absolute atomic E-state index is 0.252. The van der Waals surface area contributed by atoms with E-state index >= 15 is 0 Å². The molecule has 1 aromatic rings. The molecule has 2 unspecified atom stereocenters. The minimum atomic E-state index is -0.605. The van der Waals surface area contributed by atoms with Crippen LogP contribution >= 0.6 is 0 Å². The van der Waals surface area contributed by atoms with Gasteiger partial charge in [-0.25, -0.2) is 0 Å². The fourth-order valence-corrected chi connectivity index (χ4v) is 2.52. The molecule has 0 aliphatic rings. The van der Waals surface area contributed by atoms with Crippen LogP contribution in [0.1, 0.15) is 52.4 Å². The number of hydrogen-bond acceptors (Lipinski definition) is 5. The van der Waals surface area contributed by atoms with Crippen LogP contribution in [0.25, 0.3) is 0 Å². The van der Waals surface area contributed by atoms with E-state index in [1.54, 1.807) is 43.0 Å². The summed E-state index contributed by atoms with van der Waals surface area (Å²) in [6.07, 6.45) is 5.37. The van der Waals surface area contributed by atoms with E-state index < -0.39 is 12.5 Å². The lowest BCUT2D eigenvalue weighted by molar-refractivity contribution is -0.0844. The van der Waals surface area contributed by atoms with Crippen LogP contribution in [0.5, 0.6) is 11.5 Å². The summed E-state index contributed by atoms with van der Waals surface area (Å²) in [7, 11) is 0. The molecule has 1 aromatic carbocycles. The Labute approximate surface area is 139 Å². The van der Waals surface area contributed by atoms with Crippen LogP contribution in [0, 0.1) is 0 Å². The van der Waals surface area contributed by atoms with Crippen molar-refractivity contribution in [1.82, 2.24) is 4.90 Å². The monoisotopic (exact) mass is 325 g/mol. The predicted octanol–water partition coefficient (Wildman–Crippen LogP) is 3.09. The van der Waals surface area contributed by atoms with Crippen molar-refractivity contribution in [3.8, 4) is 11.5 Å². The Morgan fingerprint density at radius 1 is 0.870 bits per heavy atom. The van der Waals surface area contributed by atoms with Crippen LogP contribution in [-0.4, -0.2) is 45.8 Å². The summed E-state index contributed by atoms with van der Waals surface area (Å²) >= 11 is 0. The minimum Gasteiger partial charge on any atom is -0.508 e. The van der Waals surface area contributed by atoms with E-state index in [-0.39, 0.29) is 5.75 Å². The van der Waals surface area contributed by atoms with E-state index in [0.29, 0.717) is 6.61 Å². The van der Waals surface area contributed by atoms with E-state index in [1.165, 1.54) is 6.42 Å². The summed E-state index contributed by atoms with van der Waals surface area (Å²) in [4.78, 5) is 1.69. The second-order valence-corrected chi connectivity index (χ2v) is 5.97. The topological polar surface area (TPSA) is 73.2 Å². The van der Waals surface area contributed by atoms with Gasteiger partial charge < -0.3 is 20.1 Å². The maximum atomic E-state index is 9.53. The molecule has 0 fully saturated rings.